The van der Waals surface area contributed by atoms with Crippen LogP contribution < -0.4 is 4.90 Å². The van der Waals surface area contributed by atoms with Gasteiger partial charge in [0.2, 0.25) is 0 Å². The molecule has 0 spiro atoms. The smallest absolute Gasteiger partial charge is 0.272 e. The van der Waals surface area contributed by atoms with Gasteiger partial charge in [0.1, 0.15) is 0 Å². The molecule has 6 heteroatoms. The van der Waals surface area contributed by atoms with Gasteiger partial charge in [-0.2, -0.15) is 0 Å². The highest BCUT2D eigenvalue weighted by Gasteiger charge is 2.24. The van der Waals surface area contributed by atoms with Gasteiger partial charge in [-0.3, -0.25) is 14.9 Å². The van der Waals surface area contributed by atoms with E-state index in [9.17, 15) is 14.9 Å². The molecule has 108 valence electrons. The Kier molecular flexibility index (Phi) is 4.34. The van der Waals surface area contributed by atoms with Crippen LogP contribution in [0.2, 0.25) is 0 Å². The van der Waals surface area contributed by atoms with Crippen molar-refractivity contribution >= 4 is 11.6 Å². The maximum absolute atomic E-state index is 12.4. The van der Waals surface area contributed by atoms with Gasteiger partial charge in [-0.15, -0.1) is 0 Å². The predicted molar refractivity (Wildman–Crippen MR) is 75.0 cm³/mol. The number of amides is 1. The lowest BCUT2D eigenvalue weighted by molar-refractivity contribution is -0.902. The quantitative estimate of drug-likeness (QED) is 0.637. The molecule has 2 rings (SSSR count). The third-order valence-corrected chi connectivity index (χ3v) is 3.90. The molecule has 1 aliphatic heterocycles. The third-order valence-electron chi connectivity index (χ3n) is 3.90. The van der Waals surface area contributed by atoms with Crippen molar-refractivity contribution in [3.63, 3.8) is 0 Å². The Morgan fingerprint density at radius 2 is 2.05 bits per heavy atom. The summed E-state index contributed by atoms with van der Waals surface area (Å²) in [6.45, 7) is 8.32. The number of likely N-dealkylation sites (N-methyl/N-ethyl adjacent to an activating group) is 1. The number of nitrogens with one attached hydrogen (secondary N) is 1. The SMILES string of the molecule is CC[NH+]1CCN(C(=O)c2ccc([N+](=O)[O-])c(C)c2)CC1. The monoisotopic (exact) mass is 278 g/mol. The van der Waals surface area contributed by atoms with Crippen LogP contribution in [0.1, 0.15) is 22.8 Å². The Balaban J connectivity index is 2.10. The summed E-state index contributed by atoms with van der Waals surface area (Å²) in [6.07, 6.45) is 0. The van der Waals surface area contributed by atoms with Crippen LogP contribution in [-0.4, -0.2) is 48.5 Å². The van der Waals surface area contributed by atoms with Gasteiger partial charge in [0, 0.05) is 17.2 Å². The lowest BCUT2D eigenvalue weighted by Gasteiger charge is -2.31. The van der Waals surface area contributed by atoms with Gasteiger partial charge in [0.25, 0.3) is 11.6 Å². The van der Waals surface area contributed by atoms with Crippen molar-refractivity contribution in [1.82, 2.24) is 4.90 Å². The first kappa shape index (κ1) is 14.5. The minimum atomic E-state index is -0.424. The van der Waals surface area contributed by atoms with E-state index in [1.165, 1.54) is 11.0 Å². The summed E-state index contributed by atoms with van der Waals surface area (Å²) in [5.41, 5.74) is 1.12. The Morgan fingerprint density at radius 1 is 1.40 bits per heavy atom. The van der Waals surface area contributed by atoms with E-state index < -0.39 is 4.92 Å². The van der Waals surface area contributed by atoms with Gasteiger partial charge in [-0.25, -0.2) is 0 Å². The molecular weight excluding hydrogens is 258 g/mol. The number of hydrogen-bond donors (Lipinski definition) is 1. The van der Waals surface area contributed by atoms with Gasteiger partial charge in [0.05, 0.1) is 37.6 Å². The van der Waals surface area contributed by atoms with Crippen molar-refractivity contribution in [1.29, 1.82) is 0 Å². The molecule has 1 saturated heterocycles. The molecule has 1 N–H and O–H groups in total. The summed E-state index contributed by atoms with van der Waals surface area (Å²) in [5, 5.41) is 10.8. The minimum absolute atomic E-state index is 0.0295. The maximum Gasteiger partial charge on any atom is 0.272 e. The van der Waals surface area contributed by atoms with E-state index in [1.54, 1.807) is 19.1 Å². The molecule has 0 saturated carbocycles. The molecule has 1 aromatic carbocycles. The summed E-state index contributed by atoms with van der Waals surface area (Å²) in [4.78, 5) is 26.1. The molecule has 1 amide bonds. The Hall–Kier alpha value is -1.95. The average Bonchev–Trinajstić information content (AvgIpc) is 2.46. The van der Waals surface area contributed by atoms with Crippen LogP contribution in [0, 0.1) is 17.0 Å². The van der Waals surface area contributed by atoms with Crippen molar-refractivity contribution in [3.8, 4) is 0 Å². The van der Waals surface area contributed by atoms with Crippen molar-refractivity contribution in [2.45, 2.75) is 13.8 Å². The summed E-state index contributed by atoms with van der Waals surface area (Å²) >= 11 is 0. The molecule has 6 nitrogen and oxygen atoms in total. The van der Waals surface area contributed by atoms with Crippen molar-refractivity contribution in [3.05, 3.63) is 39.4 Å². The Labute approximate surface area is 118 Å². The van der Waals surface area contributed by atoms with Gasteiger partial charge in [-0.05, 0) is 26.0 Å². The maximum atomic E-state index is 12.4. The number of hydrogen-bond acceptors (Lipinski definition) is 3. The number of nitrogens with zero attached hydrogens (tertiary/aromatic N) is 2. The van der Waals surface area contributed by atoms with E-state index in [0.29, 0.717) is 11.1 Å². The van der Waals surface area contributed by atoms with E-state index in [-0.39, 0.29) is 11.6 Å². The predicted octanol–water partition coefficient (Wildman–Crippen LogP) is 0.264. The van der Waals surface area contributed by atoms with Gasteiger partial charge >= 0.3 is 0 Å². The number of carbonyl (C=O) groups excluding carboxylic acids is 1. The zero-order chi connectivity index (χ0) is 14.7. The molecule has 0 atom stereocenters. The first-order chi connectivity index (χ1) is 9.52. The average molecular weight is 278 g/mol. The first-order valence-electron chi connectivity index (χ1n) is 6.90. The number of quaternary nitrogens is 1. The number of benzene rings is 1. The molecule has 0 unspecified atom stereocenters. The molecule has 0 aromatic heterocycles. The van der Waals surface area contributed by atoms with E-state index in [4.69, 9.17) is 0 Å². The molecule has 20 heavy (non-hydrogen) atoms. The highest BCUT2D eigenvalue weighted by Crippen LogP contribution is 2.19. The summed E-state index contributed by atoms with van der Waals surface area (Å²) < 4.78 is 0. The summed E-state index contributed by atoms with van der Waals surface area (Å²) in [7, 11) is 0. The fourth-order valence-electron chi connectivity index (χ4n) is 2.56. The summed E-state index contributed by atoms with van der Waals surface area (Å²) in [6, 6.07) is 4.57. The van der Waals surface area contributed by atoms with Crippen LogP contribution in [0.4, 0.5) is 5.69 Å². The summed E-state index contributed by atoms with van der Waals surface area (Å²) in [5.74, 6) is -0.0295. The normalized spacial score (nSPS) is 16.2. The fourth-order valence-corrected chi connectivity index (χ4v) is 2.56. The van der Waals surface area contributed by atoms with Gasteiger partial charge < -0.3 is 9.80 Å². The second-order valence-electron chi connectivity index (χ2n) is 5.15. The number of aryl methyl sites for hydroxylation is 1. The van der Waals surface area contributed by atoms with Gasteiger partial charge in [0.15, 0.2) is 0 Å². The zero-order valence-corrected chi connectivity index (χ0v) is 11.9. The van der Waals surface area contributed by atoms with E-state index in [1.807, 2.05) is 4.90 Å². The number of nitro groups is 1. The van der Waals surface area contributed by atoms with Crippen LogP contribution >= 0.6 is 0 Å². The molecular formula is C14H20N3O3+. The van der Waals surface area contributed by atoms with E-state index in [2.05, 4.69) is 6.92 Å². The highest BCUT2D eigenvalue weighted by molar-refractivity contribution is 5.94. The number of carbonyl (C=O) groups is 1. The number of rotatable bonds is 3. The van der Waals surface area contributed by atoms with E-state index >= 15 is 0 Å². The Morgan fingerprint density at radius 3 is 2.55 bits per heavy atom. The molecule has 1 aromatic rings. The van der Waals surface area contributed by atoms with Crippen LogP contribution in [0.15, 0.2) is 18.2 Å². The van der Waals surface area contributed by atoms with Crippen LogP contribution in [0.5, 0.6) is 0 Å². The van der Waals surface area contributed by atoms with Gasteiger partial charge in [-0.1, -0.05) is 0 Å². The minimum Gasteiger partial charge on any atom is -0.332 e. The molecule has 0 bridgehead atoms. The number of piperazine rings is 1. The lowest BCUT2D eigenvalue weighted by atomic mass is 10.1. The van der Waals surface area contributed by atoms with Crippen LogP contribution in [-0.2, 0) is 0 Å². The molecule has 1 heterocycles. The topological polar surface area (TPSA) is 67.9 Å². The molecule has 0 radical (unpaired) electrons. The second-order valence-corrected chi connectivity index (χ2v) is 5.15. The van der Waals surface area contributed by atoms with Crippen molar-refractivity contribution in [2.24, 2.45) is 0 Å². The fraction of sp³-hybridized carbons (Fsp3) is 0.500. The third kappa shape index (κ3) is 2.96. The zero-order valence-electron chi connectivity index (χ0n) is 11.9. The van der Waals surface area contributed by atoms with Crippen molar-refractivity contribution < 1.29 is 14.6 Å². The van der Waals surface area contributed by atoms with Crippen LogP contribution in [0.3, 0.4) is 0 Å². The first-order valence-corrected chi connectivity index (χ1v) is 6.90. The van der Waals surface area contributed by atoms with E-state index in [0.717, 1.165) is 32.7 Å². The van der Waals surface area contributed by atoms with Crippen molar-refractivity contribution in [2.75, 3.05) is 32.7 Å². The second kappa shape index (κ2) is 6.00. The lowest BCUT2D eigenvalue weighted by Crippen LogP contribution is -3.14. The Bertz CT molecular complexity index is 522. The molecule has 1 fully saturated rings. The highest BCUT2D eigenvalue weighted by atomic mass is 16.6. The molecule has 0 aliphatic carbocycles. The molecule has 1 aliphatic rings. The standard InChI is InChI=1S/C14H19N3O3/c1-3-15-6-8-16(9-7-15)14(18)12-4-5-13(17(19)20)11(2)10-12/h4-5,10H,3,6-9H2,1-2H3/p+1. The largest absolute Gasteiger partial charge is 0.332 e. The number of nitro benzene ring substituents is 1. The van der Waals surface area contributed by atoms with Crippen LogP contribution in [0.25, 0.3) is 0 Å².